The number of aromatic nitrogens is 2. The first-order valence-electron chi connectivity index (χ1n) is 7.51. The van der Waals surface area contributed by atoms with E-state index in [-0.39, 0.29) is 4.90 Å². The Labute approximate surface area is 149 Å². The van der Waals surface area contributed by atoms with Crippen LogP contribution in [0, 0.1) is 6.92 Å². The number of esters is 1. The zero-order valence-corrected chi connectivity index (χ0v) is 14.8. The Morgan fingerprint density at radius 3 is 2.50 bits per heavy atom. The Kier molecular flexibility index (Phi) is 4.72. The second kappa shape index (κ2) is 6.96. The molecule has 8 nitrogen and oxygen atoms in total. The molecule has 1 aromatic heterocycles. The second-order valence-corrected chi connectivity index (χ2v) is 7.02. The minimum absolute atomic E-state index is 0.0505. The lowest BCUT2D eigenvalue weighted by Crippen LogP contribution is -2.13. The Bertz CT molecular complexity index is 1040. The van der Waals surface area contributed by atoms with Crippen LogP contribution in [0.3, 0.4) is 0 Å². The van der Waals surface area contributed by atoms with Crippen LogP contribution >= 0.6 is 0 Å². The van der Waals surface area contributed by atoms with Crippen molar-refractivity contribution in [1.82, 2.24) is 10.1 Å². The SMILES string of the molecule is COC(=O)c1ccc(NS(=O)(=O)c2cccc(-c3noc(C)n3)c2)cc1. The van der Waals surface area contributed by atoms with Gasteiger partial charge in [-0.3, -0.25) is 4.72 Å². The number of carbonyl (C=O) groups excluding carboxylic acids is 1. The first-order chi connectivity index (χ1) is 12.4. The molecular formula is C17H15N3O5S. The van der Waals surface area contributed by atoms with Gasteiger partial charge in [0.1, 0.15) is 0 Å². The van der Waals surface area contributed by atoms with Gasteiger partial charge in [0.25, 0.3) is 10.0 Å². The predicted molar refractivity (Wildman–Crippen MR) is 93.1 cm³/mol. The molecule has 1 N–H and O–H groups in total. The van der Waals surface area contributed by atoms with Crippen LogP contribution in [0.1, 0.15) is 16.2 Å². The second-order valence-electron chi connectivity index (χ2n) is 5.34. The standard InChI is InChI=1S/C17H15N3O5S/c1-11-18-16(19-25-11)13-4-3-5-15(10-13)26(22,23)20-14-8-6-12(7-9-14)17(21)24-2/h3-10,20H,1-2H3. The van der Waals surface area contributed by atoms with E-state index in [0.717, 1.165) is 0 Å². The summed E-state index contributed by atoms with van der Waals surface area (Å²) in [7, 11) is -2.55. The fourth-order valence-corrected chi connectivity index (χ4v) is 3.33. The monoisotopic (exact) mass is 373 g/mol. The van der Waals surface area contributed by atoms with Crippen molar-refractivity contribution in [2.75, 3.05) is 11.8 Å². The van der Waals surface area contributed by atoms with Crippen molar-refractivity contribution in [2.24, 2.45) is 0 Å². The molecule has 0 spiro atoms. The maximum atomic E-state index is 12.6. The molecule has 2 aromatic carbocycles. The van der Waals surface area contributed by atoms with Gasteiger partial charge in [-0.15, -0.1) is 0 Å². The third-order valence-electron chi connectivity index (χ3n) is 3.49. The van der Waals surface area contributed by atoms with Crippen molar-refractivity contribution in [2.45, 2.75) is 11.8 Å². The molecule has 0 amide bonds. The molecule has 0 saturated heterocycles. The Balaban J connectivity index is 1.85. The summed E-state index contributed by atoms with van der Waals surface area (Å²) in [6.45, 7) is 1.65. The van der Waals surface area contributed by atoms with Gasteiger partial charge in [0.05, 0.1) is 17.6 Å². The lowest BCUT2D eigenvalue weighted by molar-refractivity contribution is 0.0601. The van der Waals surface area contributed by atoms with Crippen LogP contribution in [0.5, 0.6) is 0 Å². The molecule has 0 atom stereocenters. The third-order valence-corrected chi connectivity index (χ3v) is 4.87. The van der Waals surface area contributed by atoms with E-state index in [1.165, 1.54) is 43.5 Å². The topological polar surface area (TPSA) is 111 Å². The maximum Gasteiger partial charge on any atom is 0.337 e. The summed E-state index contributed by atoms with van der Waals surface area (Å²) in [5.41, 5.74) is 1.16. The Morgan fingerprint density at radius 1 is 1.15 bits per heavy atom. The zero-order valence-electron chi connectivity index (χ0n) is 14.0. The molecule has 0 aliphatic carbocycles. The number of hydrogen-bond donors (Lipinski definition) is 1. The fourth-order valence-electron chi connectivity index (χ4n) is 2.23. The van der Waals surface area contributed by atoms with Gasteiger partial charge in [-0.1, -0.05) is 17.3 Å². The number of sulfonamides is 1. The molecule has 0 fully saturated rings. The molecule has 0 saturated carbocycles. The summed E-state index contributed by atoms with van der Waals surface area (Å²) in [5.74, 6) is 0.196. The Morgan fingerprint density at radius 2 is 1.88 bits per heavy atom. The van der Waals surface area contributed by atoms with Crippen molar-refractivity contribution in [3.05, 3.63) is 60.0 Å². The number of nitrogens with one attached hydrogen (secondary N) is 1. The smallest absolute Gasteiger partial charge is 0.337 e. The number of carbonyl (C=O) groups is 1. The van der Waals surface area contributed by atoms with Crippen LogP contribution < -0.4 is 4.72 Å². The summed E-state index contributed by atoms with van der Waals surface area (Å²) in [5, 5.41) is 3.78. The number of rotatable bonds is 5. The van der Waals surface area contributed by atoms with E-state index in [1.54, 1.807) is 19.1 Å². The van der Waals surface area contributed by atoms with Crippen LogP contribution in [-0.2, 0) is 14.8 Å². The highest BCUT2D eigenvalue weighted by Gasteiger charge is 2.17. The first-order valence-corrected chi connectivity index (χ1v) is 8.99. The summed E-state index contributed by atoms with van der Waals surface area (Å²) in [4.78, 5) is 15.6. The van der Waals surface area contributed by atoms with E-state index in [2.05, 4.69) is 19.6 Å². The van der Waals surface area contributed by atoms with E-state index >= 15 is 0 Å². The van der Waals surface area contributed by atoms with Gasteiger partial charge in [0, 0.05) is 18.2 Å². The van der Waals surface area contributed by atoms with Gasteiger partial charge >= 0.3 is 5.97 Å². The summed E-state index contributed by atoms with van der Waals surface area (Å²) in [6, 6.07) is 12.1. The molecule has 3 aromatic rings. The minimum atomic E-state index is -3.83. The quantitative estimate of drug-likeness (QED) is 0.684. The summed E-state index contributed by atoms with van der Waals surface area (Å²) >= 11 is 0. The number of ether oxygens (including phenoxy) is 1. The van der Waals surface area contributed by atoms with Crippen molar-refractivity contribution in [3.63, 3.8) is 0 Å². The Hall–Kier alpha value is -3.20. The van der Waals surface area contributed by atoms with Crippen LogP contribution in [0.25, 0.3) is 11.4 Å². The molecule has 26 heavy (non-hydrogen) atoms. The third kappa shape index (κ3) is 3.72. The molecular weight excluding hydrogens is 358 g/mol. The number of hydrogen-bond acceptors (Lipinski definition) is 7. The van der Waals surface area contributed by atoms with Crippen molar-refractivity contribution in [1.29, 1.82) is 0 Å². The summed E-state index contributed by atoms with van der Waals surface area (Å²) < 4.78 is 37.2. The molecule has 9 heteroatoms. The van der Waals surface area contributed by atoms with Gasteiger partial charge in [-0.2, -0.15) is 4.98 Å². The largest absolute Gasteiger partial charge is 0.465 e. The van der Waals surface area contributed by atoms with Crippen molar-refractivity contribution >= 4 is 21.7 Å². The molecule has 1 heterocycles. The molecule has 0 bridgehead atoms. The van der Waals surface area contributed by atoms with E-state index in [4.69, 9.17) is 4.52 Å². The van der Waals surface area contributed by atoms with Crippen molar-refractivity contribution in [3.8, 4) is 11.4 Å². The lowest BCUT2D eigenvalue weighted by atomic mass is 10.2. The van der Waals surface area contributed by atoms with Crippen LogP contribution in [0.4, 0.5) is 5.69 Å². The normalized spacial score (nSPS) is 11.2. The zero-order chi connectivity index (χ0) is 18.7. The van der Waals surface area contributed by atoms with Gasteiger partial charge in [-0.05, 0) is 36.4 Å². The molecule has 0 aliphatic heterocycles. The lowest BCUT2D eigenvalue weighted by Gasteiger charge is -2.09. The molecule has 134 valence electrons. The number of benzene rings is 2. The number of methoxy groups -OCH3 is 1. The molecule has 0 unspecified atom stereocenters. The highest BCUT2D eigenvalue weighted by molar-refractivity contribution is 7.92. The van der Waals surface area contributed by atoms with E-state index < -0.39 is 16.0 Å². The van der Waals surface area contributed by atoms with Gasteiger partial charge < -0.3 is 9.26 Å². The number of nitrogens with zero attached hydrogens (tertiary/aromatic N) is 2. The highest BCUT2D eigenvalue weighted by Crippen LogP contribution is 2.22. The van der Waals surface area contributed by atoms with Gasteiger partial charge in [0.15, 0.2) is 0 Å². The summed E-state index contributed by atoms with van der Waals surface area (Å²) in [6.07, 6.45) is 0. The number of anilines is 1. The van der Waals surface area contributed by atoms with E-state index in [1.807, 2.05) is 0 Å². The maximum absolute atomic E-state index is 12.6. The minimum Gasteiger partial charge on any atom is -0.465 e. The van der Waals surface area contributed by atoms with Gasteiger partial charge in [-0.25, -0.2) is 13.2 Å². The predicted octanol–water partition coefficient (Wildman–Crippen LogP) is 2.63. The molecule has 0 radical (unpaired) electrons. The van der Waals surface area contributed by atoms with E-state index in [0.29, 0.717) is 28.5 Å². The fraction of sp³-hybridized carbons (Fsp3) is 0.118. The average Bonchev–Trinajstić information content (AvgIpc) is 3.08. The van der Waals surface area contributed by atoms with Crippen LogP contribution in [-0.4, -0.2) is 31.6 Å². The highest BCUT2D eigenvalue weighted by atomic mass is 32.2. The first kappa shape index (κ1) is 17.6. The number of aryl methyl sites for hydroxylation is 1. The van der Waals surface area contributed by atoms with Crippen LogP contribution in [0.15, 0.2) is 57.9 Å². The van der Waals surface area contributed by atoms with E-state index in [9.17, 15) is 13.2 Å². The van der Waals surface area contributed by atoms with Gasteiger partial charge in [0.2, 0.25) is 11.7 Å². The molecule has 3 rings (SSSR count). The van der Waals surface area contributed by atoms with Crippen molar-refractivity contribution < 1.29 is 22.5 Å². The van der Waals surface area contributed by atoms with Crippen LogP contribution in [0.2, 0.25) is 0 Å². The average molecular weight is 373 g/mol. The molecule has 0 aliphatic rings.